The molecule has 0 fully saturated rings. The normalized spacial score (nSPS) is 13.4. The van der Waals surface area contributed by atoms with Gasteiger partial charge in [-0.2, -0.15) is 0 Å². The summed E-state index contributed by atoms with van der Waals surface area (Å²) in [6, 6.07) is 3.88. The Morgan fingerprint density at radius 1 is 1.31 bits per heavy atom. The van der Waals surface area contributed by atoms with E-state index in [2.05, 4.69) is 13.8 Å². The van der Waals surface area contributed by atoms with Crippen molar-refractivity contribution >= 4 is 5.88 Å². The van der Waals surface area contributed by atoms with Crippen molar-refractivity contribution in [3.63, 3.8) is 0 Å². The second kappa shape index (κ2) is 3.83. The van der Waals surface area contributed by atoms with Crippen LogP contribution in [0.5, 0.6) is 0 Å². The Hall–Kier alpha value is -0.960. The highest BCUT2D eigenvalue weighted by atomic mass is 16.4. The van der Waals surface area contributed by atoms with Gasteiger partial charge in [-0.1, -0.05) is 13.8 Å². The van der Waals surface area contributed by atoms with Gasteiger partial charge in [0.2, 0.25) is 0 Å². The molecule has 3 nitrogen and oxygen atoms in total. The van der Waals surface area contributed by atoms with Crippen LogP contribution in [-0.2, 0) is 0 Å². The molecule has 1 aromatic rings. The fourth-order valence-electron chi connectivity index (χ4n) is 1.09. The summed E-state index contributed by atoms with van der Waals surface area (Å²) < 4.78 is 5.57. The van der Waals surface area contributed by atoms with Crippen molar-refractivity contribution in [3.8, 4) is 0 Å². The Morgan fingerprint density at radius 3 is 2.31 bits per heavy atom. The van der Waals surface area contributed by atoms with Crippen molar-refractivity contribution in [1.82, 2.24) is 0 Å². The van der Waals surface area contributed by atoms with Gasteiger partial charge in [-0.25, -0.2) is 0 Å². The van der Waals surface area contributed by atoms with Crippen LogP contribution in [0.1, 0.15) is 25.6 Å². The lowest BCUT2D eigenvalue weighted by Crippen LogP contribution is -2.15. The Morgan fingerprint density at radius 2 is 1.92 bits per heavy atom. The molecular formula is C10H18N2O. The SMILES string of the molecule is CC(C)C(N)c1ccc(N(C)C)o1. The van der Waals surface area contributed by atoms with Gasteiger partial charge in [-0.3, -0.25) is 0 Å². The van der Waals surface area contributed by atoms with Crippen LogP contribution in [-0.4, -0.2) is 14.1 Å². The molecule has 0 spiro atoms. The van der Waals surface area contributed by atoms with Gasteiger partial charge < -0.3 is 15.1 Å². The third-order valence-corrected chi connectivity index (χ3v) is 2.10. The predicted octanol–water partition coefficient (Wildman–Crippen LogP) is 2.00. The molecule has 0 radical (unpaired) electrons. The number of nitrogens with zero attached hydrogens (tertiary/aromatic N) is 1. The van der Waals surface area contributed by atoms with E-state index in [1.54, 1.807) is 0 Å². The second-order valence-corrected chi connectivity index (χ2v) is 3.84. The van der Waals surface area contributed by atoms with E-state index in [1.165, 1.54) is 0 Å². The second-order valence-electron chi connectivity index (χ2n) is 3.84. The molecule has 13 heavy (non-hydrogen) atoms. The molecule has 0 amide bonds. The maximum Gasteiger partial charge on any atom is 0.195 e. The van der Waals surface area contributed by atoms with Crippen LogP contribution in [0.3, 0.4) is 0 Å². The van der Waals surface area contributed by atoms with Gasteiger partial charge in [0.05, 0.1) is 6.04 Å². The molecule has 0 aliphatic carbocycles. The minimum atomic E-state index is -0.00583. The van der Waals surface area contributed by atoms with E-state index in [1.807, 2.05) is 31.1 Å². The summed E-state index contributed by atoms with van der Waals surface area (Å²) in [4.78, 5) is 1.93. The molecule has 0 aromatic carbocycles. The van der Waals surface area contributed by atoms with E-state index in [0.717, 1.165) is 11.6 Å². The summed E-state index contributed by atoms with van der Waals surface area (Å²) >= 11 is 0. The molecule has 1 atom stereocenters. The van der Waals surface area contributed by atoms with E-state index >= 15 is 0 Å². The van der Waals surface area contributed by atoms with E-state index in [9.17, 15) is 0 Å². The van der Waals surface area contributed by atoms with E-state index < -0.39 is 0 Å². The Balaban J connectivity index is 2.79. The first-order chi connectivity index (χ1) is 6.02. The van der Waals surface area contributed by atoms with Crippen molar-refractivity contribution in [2.75, 3.05) is 19.0 Å². The summed E-state index contributed by atoms with van der Waals surface area (Å²) in [6.07, 6.45) is 0. The van der Waals surface area contributed by atoms with Crippen molar-refractivity contribution in [2.24, 2.45) is 11.7 Å². The molecule has 74 valence electrons. The largest absolute Gasteiger partial charge is 0.444 e. The fraction of sp³-hybridized carbons (Fsp3) is 0.600. The van der Waals surface area contributed by atoms with Crippen LogP contribution in [0.4, 0.5) is 5.88 Å². The average molecular weight is 182 g/mol. The molecule has 1 unspecified atom stereocenters. The monoisotopic (exact) mass is 182 g/mol. The number of hydrogen-bond donors (Lipinski definition) is 1. The first kappa shape index (κ1) is 10.1. The van der Waals surface area contributed by atoms with Gasteiger partial charge >= 0.3 is 0 Å². The first-order valence-corrected chi connectivity index (χ1v) is 4.55. The average Bonchev–Trinajstić information content (AvgIpc) is 2.50. The number of nitrogens with two attached hydrogens (primary N) is 1. The van der Waals surface area contributed by atoms with Gasteiger partial charge in [0.1, 0.15) is 5.76 Å². The third kappa shape index (κ3) is 2.25. The molecule has 0 bridgehead atoms. The smallest absolute Gasteiger partial charge is 0.195 e. The number of anilines is 1. The lowest BCUT2D eigenvalue weighted by Gasteiger charge is -2.13. The summed E-state index contributed by atoms with van der Waals surface area (Å²) in [6.45, 7) is 4.17. The van der Waals surface area contributed by atoms with Gasteiger partial charge in [0.15, 0.2) is 5.88 Å². The molecular weight excluding hydrogens is 164 g/mol. The van der Waals surface area contributed by atoms with E-state index in [0.29, 0.717) is 5.92 Å². The summed E-state index contributed by atoms with van der Waals surface area (Å²) in [5.41, 5.74) is 5.94. The van der Waals surface area contributed by atoms with Crippen LogP contribution in [0, 0.1) is 5.92 Å². The highest BCUT2D eigenvalue weighted by Gasteiger charge is 2.14. The Kier molecular flexibility index (Phi) is 2.98. The van der Waals surface area contributed by atoms with Gasteiger partial charge in [-0.15, -0.1) is 0 Å². The lowest BCUT2D eigenvalue weighted by atomic mass is 10.0. The zero-order valence-corrected chi connectivity index (χ0v) is 8.74. The molecule has 2 N–H and O–H groups in total. The number of rotatable bonds is 3. The molecule has 3 heteroatoms. The number of hydrogen-bond acceptors (Lipinski definition) is 3. The number of furan rings is 1. The van der Waals surface area contributed by atoms with Crippen molar-refractivity contribution in [3.05, 3.63) is 17.9 Å². The van der Waals surface area contributed by atoms with Crippen LogP contribution in [0.15, 0.2) is 16.5 Å². The van der Waals surface area contributed by atoms with Crippen LogP contribution in [0.25, 0.3) is 0 Å². The Bertz CT molecular complexity index is 266. The van der Waals surface area contributed by atoms with Crippen LogP contribution in [0.2, 0.25) is 0 Å². The van der Waals surface area contributed by atoms with Crippen LogP contribution < -0.4 is 10.6 Å². The minimum absolute atomic E-state index is 0.00583. The third-order valence-electron chi connectivity index (χ3n) is 2.10. The predicted molar refractivity (Wildman–Crippen MR) is 54.8 cm³/mol. The van der Waals surface area contributed by atoms with Crippen molar-refractivity contribution < 1.29 is 4.42 Å². The molecule has 0 aliphatic rings. The molecule has 1 aromatic heterocycles. The molecule has 0 aliphatic heterocycles. The summed E-state index contributed by atoms with van der Waals surface area (Å²) in [5, 5.41) is 0. The highest BCUT2D eigenvalue weighted by Crippen LogP contribution is 2.24. The van der Waals surface area contributed by atoms with Gasteiger partial charge in [0.25, 0.3) is 0 Å². The zero-order valence-electron chi connectivity index (χ0n) is 8.74. The lowest BCUT2D eigenvalue weighted by molar-refractivity contribution is 0.405. The van der Waals surface area contributed by atoms with Gasteiger partial charge in [0, 0.05) is 20.2 Å². The molecule has 0 saturated carbocycles. The van der Waals surface area contributed by atoms with Crippen molar-refractivity contribution in [1.29, 1.82) is 0 Å². The highest BCUT2D eigenvalue weighted by molar-refractivity contribution is 5.34. The minimum Gasteiger partial charge on any atom is -0.444 e. The maximum atomic E-state index is 5.94. The first-order valence-electron chi connectivity index (χ1n) is 4.55. The van der Waals surface area contributed by atoms with Crippen molar-refractivity contribution in [2.45, 2.75) is 19.9 Å². The van der Waals surface area contributed by atoms with E-state index in [4.69, 9.17) is 10.2 Å². The molecule has 0 saturated heterocycles. The molecule has 1 rings (SSSR count). The van der Waals surface area contributed by atoms with E-state index in [-0.39, 0.29) is 6.04 Å². The molecule has 1 heterocycles. The topological polar surface area (TPSA) is 42.4 Å². The Labute approximate surface area is 79.5 Å². The quantitative estimate of drug-likeness (QED) is 0.777. The van der Waals surface area contributed by atoms with Gasteiger partial charge in [-0.05, 0) is 12.0 Å². The zero-order chi connectivity index (χ0) is 10.0. The maximum absolute atomic E-state index is 5.94. The summed E-state index contributed by atoms with van der Waals surface area (Å²) in [7, 11) is 3.90. The fourth-order valence-corrected chi connectivity index (χ4v) is 1.09. The standard InChI is InChI=1S/C10H18N2O/c1-7(2)10(11)8-5-6-9(13-8)12(3)4/h5-7,10H,11H2,1-4H3. The van der Waals surface area contributed by atoms with Crippen LogP contribution >= 0.6 is 0 Å². The summed E-state index contributed by atoms with van der Waals surface area (Å²) in [5.74, 6) is 2.12.